The van der Waals surface area contributed by atoms with Gasteiger partial charge in [-0.15, -0.1) is 0 Å². The fourth-order valence-corrected chi connectivity index (χ4v) is 5.48. The Balaban J connectivity index is 1.79. The Bertz CT molecular complexity index is 1190. The van der Waals surface area contributed by atoms with Crippen molar-refractivity contribution in [2.75, 3.05) is 25.5 Å². The second kappa shape index (κ2) is 10.6. The average Bonchev–Trinajstić information content (AvgIpc) is 2.79. The first kappa shape index (κ1) is 23.8. The van der Waals surface area contributed by atoms with Crippen molar-refractivity contribution >= 4 is 33.4 Å². The van der Waals surface area contributed by atoms with Crippen LogP contribution in [0.15, 0.2) is 87.5 Å². The number of hydrogen-bond donors (Lipinski definition) is 1. The van der Waals surface area contributed by atoms with Crippen molar-refractivity contribution in [3.05, 3.63) is 78.6 Å². The van der Waals surface area contributed by atoms with Crippen LogP contribution in [-0.4, -0.2) is 38.8 Å². The smallest absolute Gasteiger partial charge is 0.247 e. The number of para-hydroxylation sites is 1. The summed E-state index contributed by atoms with van der Waals surface area (Å²) in [5.74, 6) is -1.21. The number of hydrogen-bond acceptors (Lipinski definition) is 5. The number of amides is 1. The summed E-state index contributed by atoms with van der Waals surface area (Å²) in [6.07, 6.45) is 0. The molecule has 0 unspecified atom stereocenters. The second-order valence-corrected chi connectivity index (χ2v) is 9.71. The summed E-state index contributed by atoms with van der Waals surface area (Å²) in [6, 6.07) is 20.2. The molecule has 1 amide bonds. The lowest BCUT2D eigenvalue weighted by atomic mass is 10.3. The molecule has 0 aromatic heterocycles. The number of benzene rings is 3. The van der Waals surface area contributed by atoms with Gasteiger partial charge in [-0.3, -0.25) is 4.79 Å². The van der Waals surface area contributed by atoms with E-state index in [9.17, 15) is 17.6 Å². The maximum atomic E-state index is 13.7. The van der Waals surface area contributed by atoms with Crippen molar-refractivity contribution in [1.82, 2.24) is 4.31 Å². The third-order valence-electron chi connectivity index (χ3n) is 4.55. The van der Waals surface area contributed by atoms with E-state index in [1.807, 2.05) is 42.5 Å². The molecule has 0 bridgehead atoms. The van der Waals surface area contributed by atoms with E-state index < -0.39 is 28.3 Å². The van der Waals surface area contributed by atoms with Crippen LogP contribution in [0.25, 0.3) is 0 Å². The summed E-state index contributed by atoms with van der Waals surface area (Å²) in [5.41, 5.74) is 0.572. The second-order valence-electron chi connectivity index (χ2n) is 6.69. The summed E-state index contributed by atoms with van der Waals surface area (Å²) in [7, 11) is -2.86. The van der Waals surface area contributed by atoms with Crippen molar-refractivity contribution in [2.24, 2.45) is 0 Å². The number of sulfonamides is 1. The highest BCUT2D eigenvalue weighted by atomic mass is 32.2. The number of rotatable bonds is 9. The molecule has 1 N–H and O–H groups in total. The SMILES string of the molecule is CCN(CC(=O)Nc1ccccc1Sc1ccccc1)S(=O)(=O)c1cc(F)ccc1OC. The molecule has 0 heterocycles. The zero-order chi connectivity index (χ0) is 23.1. The normalized spacial score (nSPS) is 11.4. The van der Waals surface area contributed by atoms with E-state index in [-0.39, 0.29) is 17.2 Å². The first-order chi connectivity index (χ1) is 15.3. The Morgan fingerprint density at radius 2 is 1.75 bits per heavy atom. The van der Waals surface area contributed by atoms with Crippen LogP contribution < -0.4 is 10.1 Å². The maximum absolute atomic E-state index is 13.7. The summed E-state index contributed by atoms with van der Waals surface area (Å²) < 4.78 is 46.0. The predicted molar refractivity (Wildman–Crippen MR) is 123 cm³/mol. The number of nitrogens with one attached hydrogen (secondary N) is 1. The van der Waals surface area contributed by atoms with Crippen LogP contribution in [-0.2, 0) is 14.8 Å². The number of carbonyl (C=O) groups excluding carboxylic acids is 1. The van der Waals surface area contributed by atoms with E-state index >= 15 is 0 Å². The molecule has 0 saturated heterocycles. The van der Waals surface area contributed by atoms with Gasteiger partial charge >= 0.3 is 0 Å². The van der Waals surface area contributed by atoms with Crippen molar-refractivity contribution in [1.29, 1.82) is 0 Å². The molecule has 0 spiro atoms. The molecule has 3 aromatic rings. The van der Waals surface area contributed by atoms with E-state index in [2.05, 4.69) is 5.32 Å². The number of methoxy groups -OCH3 is 1. The molecule has 0 atom stereocenters. The zero-order valence-electron chi connectivity index (χ0n) is 17.6. The fraction of sp³-hybridized carbons (Fsp3) is 0.174. The molecule has 0 aliphatic carbocycles. The standard InChI is InChI=1S/C23H23FN2O4S2/c1-3-26(32(28,29)22-15-17(24)13-14-20(22)30-2)16-23(27)25-19-11-7-8-12-21(19)31-18-9-5-4-6-10-18/h4-15H,3,16H2,1-2H3,(H,25,27). The van der Waals surface area contributed by atoms with Gasteiger partial charge in [-0.05, 0) is 42.5 Å². The minimum Gasteiger partial charge on any atom is -0.495 e. The first-order valence-corrected chi connectivity index (χ1v) is 12.1. The highest BCUT2D eigenvalue weighted by molar-refractivity contribution is 7.99. The third-order valence-corrected chi connectivity index (χ3v) is 7.57. The third kappa shape index (κ3) is 5.67. The first-order valence-electron chi connectivity index (χ1n) is 9.80. The van der Waals surface area contributed by atoms with Gasteiger partial charge in [-0.25, -0.2) is 12.8 Å². The van der Waals surface area contributed by atoms with Gasteiger partial charge in [0.25, 0.3) is 0 Å². The lowest BCUT2D eigenvalue weighted by Gasteiger charge is -2.21. The van der Waals surface area contributed by atoms with Crippen molar-refractivity contribution in [2.45, 2.75) is 21.6 Å². The van der Waals surface area contributed by atoms with E-state index in [0.717, 1.165) is 26.2 Å². The van der Waals surface area contributed by atoms with Gasteiger partial charge in [0.15, 0.2) is 0 Å². The highest BCUT2D eigenvalue weighted by Crippen LogP contribution is 2.33. The quantitative estimate of drug-likeness (QED) is 0.489. The van der Waals surface area contributed by atoms with Gasteiger partial charge in [0, 0.05) is 16.3 Å². The number of carbonyl (C=O) groups is 1. The van der Waals surface area contributed by atoms with Gasteiger partial charge in [-0.2, -0.15) is 4.31 Å². The minimum absolute atomic E-state index is 0.00913. The van der Waals surface area contributed by atoms with E-state index in [0.29, 0.717) is 5.69 Å². The van der Waals surface area contributed by atoms with E-state index in [1.165, 1.54) is 24.9 Å². The van der Waals surface area contributed by atoms with Crippen LogP contribution in [0, 0.1) is 5.82 Å². The van der Waals surface area contributed by atoms with Gasteiger partial charge in [0.1, 0.15) is 16.5 Å². The van der Waals surface area contributed by atoms with Crippen LogP contribution in [0.2, 0.25) is 0 Å². The number of halogens is 1. The molecule has 32 heavy (non-hydrogen) atoms. The van der Waals surface area contributed by atoms with Crippen molar-refractivity contribution in [3.63, 3.8) is 0 Å². The number of likely N-dealkylation sites (N-methyl/N-ethyl adjacent to an activating group) is 1. The monoisotopic (exact) mass is 474 g/mol. The van der Waals surface area contributed by atoms with E-state index in [1.54, 1.807) is 19.1 Å². The summed E-state index contributed by atoms with van der Waals surface area (Å²) in [6.45, 7) is 1.20. The van der Waals surface area contributed by atoms with Gasteiger partial charge in [0.05, 0.1) is 19.3 Å². The van der Waals surface area contributed by atoms with Gasteiger partial charge in [-0.1, -0.05) is 49.0 Å². The molecule has 168 valence electrons. The Hall–Kier alpha value is -2.88. The average molecular weight is 475 g/mol. The Kier molecular flexibility index (Phi) is 7.89. The summed E-state index contributed by atoms with van der Waals surface area (Å²) in [5, 5.41) is 2.79. The molecule has 0 aliphatic rings. The fourth-order valence-electron chi connectivity index (χ4n) is 2.98. The van der Waals surface area contributed by atoms with Crippen LogP contribution in [0.1, 0.15) is 6.92 Å². The van der Waals surface area contributed by atoms with Crippen molar-refractivity contribution < 1.29 is 22.3 Å². The molecule has 3 aromatic carbocycles. The largest absolute Gasteiger partial charge is 0.495 e. The zero-order valence-corrected chi connectivity index (χ0v) is 19.3. The molecule has 9 heteroatoms. The summed E-state index contributed by atoms with van der Waals surface area (Å²) in [4.78, 5) is 14.3. The summed E-state index contributed by atoms with van der Waals surface area (Å²) >= 11 is 1.49. The Morgan fingerprint density at radius 1 is 1.06 bits per heavy atom. The lowest BCUT2D eigenvalue weighted by molar-refractivity contribution is -0.116. The lowest BCUT2D eigenvalue weighted by Crippen LogP contribution is -2.38. The topological polar surface area (TPSA) is 75.7 Å². The van der Waals surface area contributed by atoms with E-state index in [4.69, 9.17) is 4.74 Å². The van der Waals surface area contributed by atoms with Crippen LogP contribution >= 0.6 is 11.8 Å². The maximum Gasteiger partial charge on any atom is 0.247 e. The molecule has 0 radical (unpaired) electrons. The molecular formula is C23H23FN2O4S2. The van der Waals surface area contributed by atoms with Crippen LogP contribution in [0.4, 0.5) is 10.1 Å². The molecule has 0 saturated carbocycles. The van der Waals surface area contributed by atoms with Crippen molar-refractivity contribution in [3.8, 4) is 5.75 Å². The number of ether oxygens (including phenoxy) is 1. The molecule has 0 aliphatic heterocycles. The molecule has 3 rings (SSSR count). The number of nitrogens with zero attached hydrogens (tertiary/aromatic N) is 1. The van der Waals surface area contributed by atoms with Crippen LogP contribution in [0.3, 0.4) is 0 Å². The Morgan fingerprint density at radius 3 is 2.44 bits per heavy atom. The predicted octanol–water partition coefficient (Wildman–Crippen LogP) is 4.63. The minimum atomic E-state index is -4.16. The highest BCUT2D eigenvalue weighted by Gasteiger charge is 2.29. The van der Waals surface area contributed by atoms with Gasteiger partial charge in [0.2, 0.25) is 15.9 Å². The molecule has 0 fully saturated rings. The molecular weight excluding hydrogens is 451 g/mol. The van der Waals surface area contributed by atoms with Crippen LogP contribution in [0.5, 0.6) is 5.75 Å². The van der Waals surface area contributed by atoms with Gasteiger partial charge < -0.3 is 10.1 Å². The molecule has 6 nitrogen and oxygen atoms in total. The number of anilines is 1. The Labute approximate surface area is 191 Å².